The maximum absolute atomic E-state index is 12.1. The third-order valence-electron chi connectivity index (χ3n) is 4.05. The molecule has 2 rings (SSSR count). The number of rotatable bonds is 8. The van der Waals surface area contributed by atoms with E-state index in [-0.39, 0.29) is 29.1 Å². The van der Waals surface area contributed by atoms with E-state index >= 15 is 0 Å². The standard InChI is InChI=1S/C19H23N5O3/c1-3-13(4-2)24-18(26)15(21)9-14(20)11-6-5-7-12(8-11)19-23-10-16(27-19)17(22)25/h5-10,13,20H,3-4,21H2,1-2H3,(H2,22,25)(H,24,26). The fourth-order valence-electron chi connectivity index (χ4n) is 2.41. The van der Waals surface area contributed by atoms with E-state index in [0.29, 0.717) is 11.1 Å². The molecule has 2 amide bonds. The lowest BCUT2D eigenvalue weighted by atomic mass is 10.1. The van der Waals surface area contributed by atoms with Crippen molar-refractivity contribution in [3.05, 3.63) is 53.6 Å². The number of nitrogens with two attached hydrogens (primary N) is 2. The molecular formula is C19H23N5O3. The van der Waals surface area contributed by atoms with E-state index in [9.17, 15) is 9.59 Å². The summed E-state index contributed by atoms with van der Waals surface area (Å²) in [4.78, 5) is 27.3. The molecule has 0 bridgehead atoms. The average Bonchev–Trinajstić information content (AvgIpc) is 3.16. The number of hydrogen-bond donors (Lipinski definition) is 4. The Morgan fingerprint density at radius 1 is 1.30 bits per heavy atom. The van der Waals surface area contributed by atoms with Crippen molar-refractivity contribution >= 4 is 17.5 Å². The zero-order chi connectivity index (χ0) is 20.0. The first kappa shape index (κ1) is 19.9. The van der Waals surface area contributed by atoms with Crippen molar-refractivity contribution in [3.63, 3.8) is 0 Å². The minimum atomic E-state index is -0.711. The third-order valence-corrected chi connectivity index (χ3v) is 4.05. The maximum atomic E-state index is 12.1. The quantitative estimate of drug-likeness (QED) is 0.414. The third kappa shape index (κ3) is 5.04. The molecule has 0 spiro atoms. The highest BCUT2D eigenvalue weighted by molar-refractivity contribution is 6.11. The van der Waals surface area contributed by atoms with Crippen LogP contribution in [0.15, 0.2) is 46.7 Å². The van der Waals surface area contributed by atoms with Crippen LogP contribution in [0.25, 0.3) is 11.5 Å². The van der Waals surface area contributed by atoms with Crippen LogP contribution in [0.5, 0.6) is 0 Å². The number of primary amides is 1. The Labute approximate surface area is 157 Å². The number of carbonyl (C=O) groups excluding carboxylic acids is 2. The summed E-state index contributed by atoms with van der Waals surface area (Å²) < 4.78 is 5.29. The summed E-state index contributed by atoms with van der Waals surface area (Å²) >= 11 is 0. The lowest BCUT2D eigenvalue weighted by Gasteiger charge is -2.14. The van der Waals surface area contributed by atoms with Crippen LogP contribution in [0.1, 0.15) is 42.8 Å². The molecule has 8 heteroatoms. The van der Waals surface area contributed by atoms with Crippen molar-refractivity contribution < 1.29 is 14.0 Å². The highest BCUT2D eigenvalue weighted by atomic mass is 16.4. The highest BCUT2D eigenvalue weighted by Crippen LogP contribution is 2.20. The maximum Gasteiger partial charge on any atom is 0.286 e. The molecule has 0 unspecified atom stereocenters. The predicted octanol–water partition coefficient (Wildman–Crippen LogP) is 1.96. The summed E-state index contributed by atoms with van der Waals surface area (Å²) in [5, 5.41) is 11.0. The van der Waals surface area contributed by atoms with Crippen LogP contribution in [-0.4, -0.2) is 28.6 Å². The van der Waals surface area contributed by atoms with Gasteiger partial charge in [0.1, 0.15) is 0 Å². The van der Waals surface area contributed by atoms with Gasteiger partial charge in [-0.15, -0.1) is 0 Å². The normalized spacial score (nSPS) is 11.4. The second-order valence-corrected chi connectivity index (χ2v) is 5.97. The number of allylic oxidation sites excluding steroid dienone is 1. The number of carbonyl (C=O) groups is 2. The fraction of sp³-hybridized carbons (Fsp3) is 0.263. The molecule has 1 aromatic carbocycles. The van der Waals surface area contributed by atoms with Crippen molar-refractivity contribution in [2.24, 2.45) is 11.5 Å². The Hall–Kier alpha value is -3.42. The van der Waals surface area contributed by atoms with Gasteiger partial charge in [0, 0.05) is 17.2 Å². The van der Waals surface area contributed by atoms with Gasteiger partial charge in [0.25, 0.3) is 11.8 Å². The summed E-state index contributed by atoms with van der Waals surface area (Å²) in [6.45, 7) is 3.96. The molecule has 142 valence electrons. The summed E-state index contributed by atoms with van der Waals surface area (Å²) in [5.41, 5.74) is 12.1. The molecular weight excluding hydrogens is 346 g/mol. The molecule has 0 aliphatic carbocycles. The fourth-order valence-corrected chi connectivity index (χ4v) is 2.41. The minimum absolute atomic E-state index is 0.0376. The Kier molecular flexibility index (Phi) is 6.48. The number of aromatic nitrogens is 1. The van der Waals surface area contributed by atoms with Crippen molar-refractivity contribution in [2.45, 2.75) is 32.7 Å². The van der Waals surface area contributed by atoms with E-state index < -0.39 is 11.8 Å². The summed E-state index contributed by atoms with van der Waals surface area (Å²) in [5.74, 6) is -0.949. The second-order valence-electron chi connectivity index (χ2n) is 5.97. The molecule has 0 radical (unpaired) electrons. The molecule has 0 aliphatic rings. The number of oxazole rings is 1. The molecule has 8 nitrogen and oxygen atoms in total. The second kappa shape index (κ2) is 8.79. The largest absolute Gasteiger partial charge is 0.431 e. The summed E-state index contributed by atoms with van der Waals surface area (Å²) in [6.07, 6.45) is 4.16. The van der Waals surface area contributed by atoms with Crippen molar-refractivity contribution in [2.75, 3.05) is 0 Å². The molecule has 27 heavy (non-hydrogen) atoms. The molecule has 0 saturated heterocycles. The van der Waals surface area contributed by atoms with Crippen LogP contribution in [-0.2, 0) is 4.79 Å². The van der Waals surface area contributed by atoms with Gasteiger partial charge in [0.15, 0.2) is 0 Å². The van der Waals surface area contributed by atoms with Crippen LogP contribution >= 0.6 is 0 Å². The van der Waals surface area contributed by atoms with Gasteiger partial charge in [-0.05, 0) is 31.1 Å². The molecule has 1 aromatic heterocycles. The lowest BCUT2D eigenvalue weighted by Crippen LogP contribution is -2.37. The van der Waals surface area contributed by atoms with E-state index in [4.69, 9.17) is 21.3 Å². The van der Waals surface area contributed by atoms with Gasteiger partial charge >= 0.3 is 0 Å². The number of nitrogens with zero attached hydrogens (tertiary/aromatic N) is 1. The van der Waals surface area contributed by atoms with Crippen LogP contribution < -0.4 is 16.8 Å². The van der Waals surface area contributed by atoms with E-state index in [1.165, 1.54) is 12.3 Å². The van der Waals surface area contributed by atoms with Crippen molar-refractivity contribution in [1.29, 1.82) is 5.41 Å². The Morgan fingerprint density at radius 2 is 2.00 bits per heavy atom. The van der Waals surface area contributed by atoms with Crippen LogP contribution in [0.4, 0.5) is 0 Å². The number of amides is 2. The molecule has 6 N–H and O–H groups in total. The topological polar surface area (TPSA) is 148 Å². The van der Waals surface area contributed by atoms with Crippen molar-refractivity contribution in [1.82, 2.24) is 10.3 Å². The SMILES string of the molecule is CCC(CC)NC(=O)C(N)=CC(=N)c1cccc(-c2ncc(C(N)=O)o2)c1. The number of nitrogens with one attached hydrogen (secondary N) is 2. The van der Waals surface area contributed by atoms with E-state index in [2.05, 4.69) is 10.3 Å². The first-order valence-electron chi connectivity index (χ1n) is 8.58. The van der Waals surface area contributed by atoms with Gasteiger partial charge in [-0.25, -0.2) is 4.98 Å². The van der Waals surface area contributed by atoms with Gasteiger partial charge in [0.2, 0.25) is 11.7 Å². The zero-order valence-corrected chi connectivity index (χ0v) is 15.3. The Balaban J connectivity index is 2.18. The molecule has 0 saturated carbocycles. The van der Waals surface area contributed by atoms with Crippen LogP contribution in [0.3, 0.4) is 0 Å². The van der Waals surface area contributed by atoms with Crippen LogP contribution in [0, 0.1) is 5.41 Å². The zero-order valence-electron chi connectivity index (χ0n) is 15.3. The van der Waals surface area contributed by atoms with Gasteiger partial charge in [-0.1, -0.05) is 26.0 Å². The van der Waals surface area contributed by atoms with E-state index in [0.717, 1.165) is 12.8 Å². The minimum Gasteiger partial charge on any atom is -0.431 e. The molecule has 2 aromatic rings. The number of benzene rings is 1. The van der Waals surface area contributed by atoms with Crippen molar-refractivity contribution in [3.8, 4) is 11.5 Å². The smallest absolute Gasteiger partial charge is 0.286 e. The Morgan fingerprint density at radius 3 is 2.59 bits per heavy atom. The molecule has 0 fully saturated rings. The van der Waals surface area contributed by atoms with Gasteiger partial charge in [-0.2, -0.15) is 0 Å². The summed E-state index contributed by atoms with van der Waals surface area (Å²) in [6, 6.07) is 6.84. The molecule has 0 atom stereocenters. The van der Waals surface area contributed by atoms with E-state index in [1.807, 2.05) is 13.8 Å². The van der Waals surface area contributed by atoms with Crippen LogP contribution in [0.2, 0.25) is 0 Å². The number of hydrogen-bond acceptors (Lipinski definition) is 6. The summed E-state index contributed by atoms with van der Waals surface area (Å²) in [7, 11) is 0. The molecule has 1 heterocycles. The highest BCUT2D eigenvalue weighted by Gasteiger charge is 2.14. The van der Waals surface area contributed by atoms with Gasteiger partial charge < -0.3 is 26.6 Å². The first-order valence-corrected chi connectivity index (χ1v) is 8.58. The Bertz CT molecular complexity index is 881. The van der Waals surface area contributed by atoms with Gasteiger partial charge in [-0.3, -0.25) is 9.59 Å². The monoisotopic (exact) mass is 369 g/mol. The van der Waals surface area contributed by atoms with E-state index in [1.54, 1.807) is 24.3 Å². The lowest BCUT2D eigenvalue weighted by molar-refractivity contribution is -0.118. The molecule has 0 aliphatic heterocycles. The van der Waals surface area contributed by atoms with Gasteiger partial charge in [0.05, 0.1) is 17.6 Å². The predicted molar refractivity (Wildman–Crippen MR) is 102 cm³/mol. The average molecular weight is 369 g/mol. The first-order chi connectivity index (χ1) is 12.8.